The average molecular weight is 432 g/mol. The molecule has 4 heterocycles. The Labute approximate surface area is 174 Å². The highest BCUT2D eigenvalue weighted by Gasteiger charge is 2.19. The molecule has 0 fully saturated rings. The number of rotatable bonds is 1. The van der Waals surface area contributed by atoms with Gasteiger partial charge in [0.2, 0.25) is 0 Å². The maximum atomic E-state index is 3.60. The molecule has 0 atom stereocenters. The van der Waals surface area contributed by atoms with Gasteiger partial charge in [0.1, 0.15) is 17.6 Å². The fraction of sp³-hybridized carbons (Fsp3) is 0.240. The zero-order valence-corrected chi connectivity index (χ0v) is 18.0. The largest absolute Gasteiger partial charge is 0.254 e. The zero-order valence-electron chi connectivity index (χ0n) is 16.4. The van der Waals surface area contributed by atoms with Gasteiger partial charge in [0.25, 0.3) is 6.33 Å². The third-order valence-corrected chi connectivity index (χ3v) is 6.80. The SMILES string of the molecule is Cc1c2ccc(c1C)CCc1ccc(c3c[n+](-c4cccc(Br)c4)cn13)CC2. The first-order chi connectivity index (χ1) is 13.6. The van der Waals surface area contributed by atoms with E-state index in [0.29, 0.717) is 0 Å². The monoisotopic (exact) mass is 431 g/mol. The molecule has 0 saturated carbocycles. The number of benzene rings is 2. The maximum absolute atomic E-state index is 3.60. The Hall–Kier alpha value is -2.39. The Morgan fingerprint density at radius 3 is 2.25 bits per heavy atom. The second-order valence-corrected chi connectivity index (χ2v) is 8.79. The van der Waals surface area contributed by atoms with Crippen LogP contribution in [-0.2, 0) is 25.7 Å². The molecular weight excluding hydrogens is 408 g/mol. The zero-order chi connectivity index (χ0) is 19.3. The van der Waals surface area contributed by atoms with Crippen molar-refractivity contribution in [2.24, 2.45) is 0 Å². The fourth-order valence-corrected chi connectivity index (χ4v) is 4.83. The van der Waals surface area contributed by atoms with Gasteiger partial charge in [-0.05, 0) is 79.6 Å². The molecule has 2 aromatic heterocycles. The van der Waals surface area contributed by atoms with Gasteiger partial charge in [-0.1, -0.05) is 40.2 Å². The highest BCUT2D eigenvalue weighted by molar-refractivity contribution is 9.10. The number of halogens is 1. The summed E-state index contributed by atoms with van der Waals surface area (Å²) in [4.78, 5) is 0. The number of nitrogens with zero attached hydrogens (tertiary/aromatic N) is 2. The van der Waals surface area contributed by atoms with E-state index in [4.69, 9.17) is 0 Å². The van der Waals surface area contributed by atoms with Crippen LogP contribution in [0.15, 0.2) is 65.5 Å². The van der Waals surface area contributed by atoms with Crippen molar-refractivity contribution >= 4 is 21.4 Å². The predicted octanol–water partition coefficient (Wildman–Crippen LogP) is 5.48. The van der Waals surface area contributed by atoms with Gasteiger partial charge in [-0.15, -0.1) is 0 Å². The molecule has 28 heavy (non-hydrogen) atoms. The number of hydrogen-bond donors (Lipinski definition) is 0. The van der Waals surface area contributed by atoms with Gasteiger partial charge in [-0.3, -0.25) is 0 Å². The van der Waals surface area contributed by atoms with Gasteiger partial charge in [-0.2, -0.15) is 4.40 Å². The molecule has 0 saturated heterocycles. The maximum Gasteiger partial charge on any atom is 0.254 e. The van der Waals surface area contributed by atoms with Crippen molar-refractivity contribution < 1.29 is 4.57 Å². The molecule has 8 rings (SSSR count). The lowest BCUT2D eigenvalue weighted by Crippen LogP contribution is -2.27. The summed E-state index contributed by atoms with van der Waals surface area (Å²) in [6, 6.07) is 17.8. The van der Waals surface area contributed by atoms with Crippen molar-refractivity contribution in [1.82, 2.24) is 4.40 Å². The molecule has 140 valence electrons. The molecule has 0 unspecified atom stereocenters. The highest BCUT2D eigenvalue weighted by atomic mass is 79.9. The quantitative estimate of drug-likeness (QED) is 0.352. The average Bonchev–Trinajstić information content (AvgIpc) is 3.13. The highest BCUT2D eigenvalue weighted by Crippen LogP contribution is 2.25. The minimum absolute atomic E-state index is 1.05. The van der Waals surface area contributed by atoms with Crippen molar-refractivity contribution in [3.05, 3.63) is 99.0 Å². The molecular formula is C25H24BrN2+. The molecule has 0 N–H and O–H groups in total. The third-order valence-electron chi connectivity index (χ3n) is 6.31. The van der Waals surface area contributed by atoms with Gasteiger partial charge in [0.05, 0.1) is 0 Å². The van der Waals surface area contributed by atoms with E-state index in [9.17, 15) is 0 Å². The Morgan fingerprint density at radius 2 is 1.50 bits per heavy atom. The molecule has 4 aromatic rings. The molecule has 0 radical (unpaired) electrons. The Kier molecular flexibility index (Phi) is 4.36. The van der Waals surface area contributed by atoms with Crippen molar-refractivity contribution in [1.29, 1.82) is 0 Å². The first-order valence-corrected chi connectivity index (χ1v) is 10.8. The molecule has 2 nitrogen and oxygen atoms in total. The summed E-state index contributed by atoms with van der Waals surface area (Å²) in [5, 5.41) is 0. The second-order valence-electron chi connectivity index (χ2n) is 7.87. The van der Waals surface area contributed by atoms with E-state index < -0.39 is 0 Å². The van der Waals surface area contributed by atoms with Crippen LogP contribution in [0.4, 0.5) is 0 Å². The normalized spacial score (nSPS) is 13.7. The summed E-state index contributed by atoms with van der Waals surface area (Å²) in [7, 11) is 0. The predicted molar refractivity (Wildman–Crippen MR) is 117 cm³/mol. The van der Waals surface area contributed by atoms with E-state index in [1.165, 1.54) is 44.7 Å². The van der Waals surface area contributed by atoms with Crippen molar-refractivity contribution in [3.63, 3.8) is 0 Å². The minimum Gasteiger partial charge on any atom is -0.201 e. The van der Waals surface area contributed by atoms with E-state index in [1.54, 1.807) is 0 Å². The summed E-state index contributed by atoms with van der Waals surface area (Å²) in [6.45, 7) is 4.57. The van der Waals surface area contributed by atoms with Crippen LogP contribution in [0.5, 0.6) is 0 Å². The van der Waals surface area contributed by atoms with Gasteiger partial charge < -0.3 is 0 Å². The van der Waals surface area contributed by atoms with Crippen LogP contribution in [0.3, 0.4) is 0 Å². The molecule has 4 aliphatic rings. The lowest BCUT2D eigenvalue weighted by molar-refractivity contribution is -0.594. The van der Waals surface area contributed by atoms with Crippen LogP contribution in [0.2, 0.25) is 0 Å². The molecule has 0 amide bonds. The van der Waals surface area contributed by atoms with Gasteiger partial charge in [-0.25, -0.2) is 4.57 Å². The fourth-order valence-electron chi connectivity index (χ4n) is 4.44. The van der Waals surface area contributed by atoms with E-state index in [-0.39, 0.29) is 0 Å². The first kappa shape index (κ1) is 17.7. The Bertz CT molecular complexity index is 1130. The number of aromatic nitrogens is 2. The summed E-state index contributed by atoms with van der Waals surface area (Å²) >= 11 is 3.60. The number of imidazole rings is 1. The Balaban J connectivity index is 1.66. The molecule has 2 aliphatic heterocycles. The molecule has 3 heteroatoms. The van der Waals surface area contributed by atoms with Crippen LogP contribution in [-0.4, -0.2) is 4.40 Å². The minimum atomic E-state index is 1.05. The van der Waals surface area contributed by atoms with E-state index in [0.717, 1.165) is 30.2 Å². The van der Waals surface area contributed by atoms with E-state index >= 15 is 0 Å². The van der Waals surface area contributed by atoms with Crippen LogP contribution < -0.4 is 4.57 Å². The van der Waals surface area contributed by atoms with Gasteiger partial charge >= 0.3 is 0 Å². The van der Waals surface area contributed by atoms with Crippen molar-refractivity contribution in [2.45, 2.75) is 39.5 Å². The number of aryl methyl sites for hydroxylation is 4. The summed E-state index contributed by atoms with van der Waals surface area (Å²) in [6.07, 6.45) is 8.80. The third kappa shape index (κ3) is 2.98. The summed E-state index contributed by atoms with van der Waals surface area (Å²) in [5.74, 6) is 0. The number of hydrogen-bond acceptors (Lipinski definition) is 0. The van der Waals surface area contributed by atoms with Gasteiger partial charge in [0.15, 0.2) is 5.52 Å². The van der Waals surface area contributed by atoms with E-state index in [1.807, 2.05) is 0 Å². The van der Waals surface area contributed by atoms with Crippen molar-refractivity contribution in [3.8, 4) is 5.69 Å². The first-order valence-electron chi connectivity index (χ1n) is 9.98. The van der Waals surface area contributed by atoms with Crippen LogP contribution in [0, 0.1) is 13.8 Å². The van der Waals surface area contributed by atoms with Crippen LogP contribution in [0.1, 0.15) is 33.5 Å². The smallest absolute Gasteiger partial charge is 0.201 e. The lowest BCUT2D eigenvalue weighted by Gasteiger charge is -2.15. The van der Waals surface area contributed by atoms with Crippen molar-refractivity contribution in [2.75, 3.05) is 0 Å². The summed E-state index contributed by atoms with van der Waals surface area (Å²) < 4.78 is 5.74. The van der Waals surface area contributed by atoms with Crippen LogP contribution >= 0.6 is 15.9 Å². The standard InChI is InChI=1S/C25H24BrN2/c1-17-18(2)20-7-6-19(17)8-9-21-11-13-23(12-10-20)28-16-27(15-25(21)28)24-5-3-4-22(26)14-24/h3-7,11,13-16H,8-10,12H2,1-2H3/q+1. The van der Waals surface area contributed by atoms with Crippen LogP contribution in [0.25, 0.3) is 11.2 Å². The van der Waals surface area contributed by atoms with E-state index in [2.05, 4.69) is 99.8 Å². The summed E-state index contributed by atoms with van der Waals surface area (Å²) in [5.41, 5.74) is 11.2. The molecule has 4 bridgehead atoms. The Morgan fingerprint density at radius 1 is 0.821 bits per heavy atom. The lowest BCUT2D eigenvalue weighted by atomic mass is 9.91. The second kappa shape index (κ2) is 6.89. The molecule has 0 spiro atoms. The molecule has 2 aromatic carbocycles. The topological polar surface area (TPSA) is 8.29 Å². The van der Waals surface area contributed by atoms with Gasteiger partial charge in [0, 0.05) is 16.5 Å². The molecule has 2 aliphatic carbocycles. The number of pyridine rings is 1.